The molecular formula is C14H23NO3S. The van der Waals surface area contributed by atoms with E-state index in [1.165, 1.54) is 11.5 Å². The summed E-state index contributed by atoms with van der Waals surface area (Å²) in [4.78, 5) is 23.4. The van der Waals surface area contributed by atoms with Crippen LogP contribution in [0, 0.1) is 23.7 Å². The zero-order chi connectivity index (χ0) is 13.8. The summed E-state index contributed by atoms with van der Waals surface area (Å²) in [5.74, 6) is 1.59. The van der Waals surface area contributed by atoms with Crippen molar-refractivity contribution in [3.05, 3.63) is 0 Å². The van der Waals surface area contributed by atoms with Gasteiger partial charge in [-0.2, -0.15) is 11.8 Å². The molecule has 0 radical (unpaired) electrons. The Morgan fingerprint density at radius 1 is 1.21 bits per heavy atom. The molecule has 0 bridgehead atoms. The third-order valence-electron chi connectivity index (χ3n) is 4.36. The fourth-order valence-corrected chi connectivity index (χ4v) is 4.39. The first-order valence-electron chi connectivity index (χ1n) is 7.16. The highest BCUT2D eigenvalue weighted by Gasteiger charge is 2.41. The maximum absolute atomic E-state index is 12.2. The van der Waals surface area contributed by atoms with E-state index in [0.717, 1.165) is 19.4 Å². The van der Waals surface area contributed by atoms with Gasteiger partial charge in [-0.05, 0) is 49.0 Å². The number of carboxylic acids is 1. The van der Waals surface area contributed by atoms with E-state index in [9.17, 15) is 14.7 Å². The van der Waals surface area contributed by atoms with Crippen LogP contribution >= 0.6 is 11.8 Å². The molecule has 0 aromatic heterocycles. The van der Waals surface area contributed by atoms with Crippen molar-refractivity contribution in [3.63, 3.8) is 0 Å². The Hall–Kier alpha value is -0.710. The highest BCUT2D eigenvalue weighted by molar-refractivity contribution is 7.99. The van der Waals surface area contributed by atoms with E-state index in [-0.39, 0.29) is 11.8 Å². The first-order valence-corrected chi connectivity index (χ1v) is 8.31. The average Bonchev–Trinajstić information content (AvgIpc) is 2.79. The molecule has 1 heterocycles. The Morgan fingerprint density at radius 3 is 2.47 bits per heavy atom. The van der Waals surface area contributed by atoms with E-state index >= 15 is 0 Å². The summed E-state index contributed by atoms with van der Waals surface area (Å²) in [5, 5.41) is 12.2. The fraction of sp³-hybridized carbons (Fsp3) is 0.857. The summed E-state index contributed by atoms with van der Waals surface area (Å²) in [5.41, 5.74) is 0. The molecule has 2 rings (SSSR count). The fourth-order valence-electron chi connectivity index (χ4n) is 3.18. The normalized spacial score (nSPS) is 32.2. The zero-order valence-electron chi connectivity index (χ0n) is 11.4. The van der Waals surface area contributed by atoms with E-state index in [2.05, 4.69) is 5.32 Å². The minimum atomic E-state index is -0.821. The SMILES string of the molecule is CC1C[C@H](C(=O)NCC2CCSCC2)[C@H](C(=O)O)C1. The zero-order valence-corrected chi connectivity index (χ0v) is 12.2. The Kier molecular flexibility index (Phi) is 5.13. The summed E-state index contributed by atoms with van der Waals surface area (Å²) in [7, 11) is 0. The second-order valence-electron chi connectivity index (χ2n) is 5.93. The van der Waals surface area contributed by atoms with Gasteiger partial charge in [0.25, 0.3) is 0 Å². The first kappa shape index (κ1) is 14.7. The van der Waals surface area contributed by atoms with Crippen molar-refractivity contribution in [1.82, 2.24) is 5.32 Å². The number of amides is 1. The molecule has 2 N–H and O–H groups in total. The Labute approximate surface area is 118 Å². The van der Waals surface area contributed by atoms with Gasteiger partial charge in [-0.1, -0.05) is 6.92 Å². The van der Waals surface area contributed by atoms with Crippen molar-refractivity contribution < 1.29 is 14.7 Å². The quantitative estimate of drug-likeness (QED) is 0.829. The number of thioether (sulfide) groups is 1. The summed E-state index contributed by atoms with van der Waals surface area (Å²) in [6, 6.07) is 0. The van der Waals surface area contributed by atoms with Gasteiger partial charge in [0.05, 0.1) is 11.8 Å². The maximum atomic E-state index is 12.2. The number of carboxylic acid groups (broad SMARTS) is 1. The molecule has 108 valence electrons. The minimum Gasteiger partial charge on any atom is -0.481 e. The van der Waals surface area contributed by atoms with Gasteiger partial charge in [0.2, 0.25) is 5.91 Å². The molecule has 19 heavy (non-hydrogen) atoms. The van der Waals surface area contributed by atoms with Gasteiger partial charge in [-0.3, -0.25) is 9.59 Å². The first-order chi connectivity index (χ1) is 9.08. The molecule has 3 atom stereocenters. The van der Waals surface area contributed by atoms with Gasteiger partial charge in [0, 0.05) is 6.54 Å². The molecule has 0 spiro atoms. The van der Waals surface area contributed by atoms with Crippen LogP contribution in [0.4, 0.5) is 0 Å². The molecule has 1 saturated carbocycles. The van der Waals surface area contributed by atoms with Crippen molar-refractivity contribution in [2.75, 3.05) is 18.1 Å². The molecule has 1 amide bonds. The van der Waals surface area contributed by atoms with Crippen LogP contribution in [0.5, 0.6) is 0 Å². The summed E-state index contributed by atoms with van der Waals surface area (Å²) < 4.78 is 0. The third-order valence-corrected chi connectivity index (χ3v) is 5.41. The van der Waals surface area contributed by atoms with Gasteiger partial charge in [-0.25, -0.2) is 0 Å². The molecular weight excluding hydrogens is 262 g/mol. The Morgan fingerprint density at radius 2 is 1.84 bits per heavy atom. The van der Waals surface area contributed by atoms with Crippen molar-refractivity contribution >= 4 is 23.6 Å². The minimum absolute atomic E-state index is 0.0463. The second-order valence-corrected chi connectivity index (χ2v) is 7.15. The maximum Gasteiger partial charge on any atom is 0.307 e. The van der Waals surface area contributed by atoms with Crippen molar-refractivity contribution in [2.24, 2.45) is 23.7 Å². The molecule has 1 aliphatic heterocycles. The highest BCUT2D eigenvalue weighted by Crippen LogP contribution is 2.36. The van der Waals surface area contributed by atoms with Crippen LogP contribution in [-0.4, -0.2) is 35.0 Å². The van der Waals surface area contributed by atoms with Crippen LogP contribution in [-0.2, 0) is 9.59 Å². The van der Waals surface area contributed by atoms with Crippen LogP contribution < -0.4 is 5.32 Å². The molecule has 1 saturated heterocycles. The lowest BCUT2D eigenvalue weighted by Crippen LogP contribution is -2.38. The van der Waals surface area contributed by atoms with E-state index < -0.39 is 11.9 Å². The van der Waals surface area contributed by atoms with Gasteiger partial charge in [-0.15, -0.1) is 0 Å². The summed E-state index contributed by atoms with van der Waals surface area (Å²) in [6.07, 6.45) is 3.67. The predicted octanol–water partition coefficient (Wildman–Crippen LogP) is 1.99. The van der Waals surface area contributed by atoms with E-state index in [1.54, 1.807) is 0 Å². The number of aliphatic carboxylic acids is 1. The number of carbonyl (C=O) groups excluding carboxylic acids is 1. The second kappa shape index (κ2) is 6.64. The number of carbonyl (C=O) groups is 2. The van der Waals surface area contributed by atoms with Crippen LogP contribution in [0.1, 0.15) is 32.6 Å². The molecule has 5 heteroatoms. The van der Waals surface area contributed by atoms with E-state index in [0.29, 0.717) is 24.7 Å². The summed E-state index contributed by atoms with van der Waals surface area (Å²) in [6.45, 7) is 2.75. The molecule has 0 aromatic rings. The lowest BCUT2D eigenvalue weighted by atomic mass is 9.95. The summed E-state index contributed by atoms with van der Waals surface area (Å²) >= 11 is 1.97. The lowest BCUT2D eigenvalue weighted by Gasteiger charge is -2.23. The standard InChI is InChI=1S/C14H23NO3S/c1-9-6-11(12(7-9)14(17)18)13(16)15-8-10-2-4-19-5-3-10/h9-12H,2-8H2,1H3,(H,15,16)(H,17,18)/t9?,11-,12+/m0/s1. The highest BCUT2D eigenvalue weighted by atomic mass is 32.2. The van der Waals surface area contributed by atoms with E-state index in [4.69, 9.17) is 0 Å². The molecule has 4 nitrogen and oxygen atoms in total. The van der Waals surface area contributed by atoms with Crippen LogP contribution in [0.15, 0.2) is 0 Å². The van der Waals surface area contributed by atoms with E-state index in [1.807, 2.05) is 18.7 Å². The number of hydrogen-bond acceptors (Lipinski definition) is 3. The molecule has 0 aromatic carbocycles. The average molecular weight is 285 g/mol. The lowest BCUT2D eigenvalue weighted by molar-refractivity contribution is -0.146. The molecule has 1 unspecified atom stereocenters. The van der Waals surface area contributed by atoms with Gasteiger partial charge in [0.1, 0.15) is 0 Å². The van der Waals surface area contributed by atoms with Crippen molar-refractivity contribution in [1.29, 1.82) is 0 Å². The largest absolute Gasteiger partial charge is 0.481 e. The van der Waals surface area contributed by atoms with Crippen LogP contribution in [0.2, 0.25) is 0 Å². The smallest absolute Gasteiger partial charge is 0.307 e. The Balaban J connectivity index is 1.82. The Bertz CT molecular complexity index is 342. The number of hydrogen-bond donors (Lipinski definition) is 2. The topological polar surface area (TPSA) is 66.4 Å². The molecule has 2 fully saturated rings. The third kappa shape index (κ3) is 3.88. The monoisotopic (exact) mass is 285 g/mol. The van der Waals surface area contributed by atoms with Crippen LogP contribution in [0.3, 0.4) is 0 Å². The number of nitrogens with one attached hydrogen (secondary N) is 1. The molecule has 2 aliphatic rings. The van der Waals surface area contributed by atoms with Gasteiger partial charge in [0.15, 0.2) is 0 Å². The van der Waals surface area contributed by atoms with Gasteiger partial charge >= 0.3 is 5.97 Å². The van der Waals surface area contributed by atoms with Crippen LogP contribution in [0.25, 0.3) is 0 Å². The number of rotatable bonds is 4. The predicted molar refractivity (Wildman–Crippen MR) is 76.1 cm³/mol. The molecule has 1 aliphatic carbocycles. The van der Waals surface area contributed by atoms with Crippen molar-refractivity contribution in [3.8, 4) is 0 Å². The van der Waals surface area contributed by atoms with Crippen molar-refractivity contribution in [2.45, 2.75) is 32.6 Å². The van der Waals surface area contributed by atoms with Gasteiger partial charge < -0.3 is 10.4 Å².